The number of rotatable bonds is 9. The molecule has 32 heavy (non-hydrogen) atoms. The Hall–Kier alpha value is -4.50. The van der Waals surface area contributed by atoms with E-state index in [0.717, 1.165) is 0 Å². The van der Waals surface area contributed by atoms with Crippen molar-refractivity contribution in [2.45, 2.75) is 0 Å². The highest BCUT2D eigenvalue weighted by molar-refractivity contribution is 6.10. The van der Waals surface area contributed by atoms with Gasteiger partial charge in [-0.25, -0.2) is 0 Å². The van der Waals surface area contributed by atoms with Crippen molar-refractivity contribution >= 4 is 17.7 Å². The van der Waals surface area contributed by atoms with Gasteiger partial charge in [-0.2, -0.15) is 5.26 Å². The molecule has 3 aromatic rings. The van der Waals surface area contributed by atoms with E-state index in [9.17, 15) is 10.1 Å². The van der Waals surface area contributed by atoms with Gasteiger partial charge in [0.05, 0.1) is 12.8 Å². The quantitative estimate of drug-likeness (QED) is 0.274. The molecule has 0 atom stereocenters. The Morgan fingerprint density at radius 1 is 1.03 bits per heavy atom. The first-order chi connectivity index (χ1) is 15.6. The first-order valence-electron chi connectivity index (χ1n) is 9.81. The van der Waals surface area contributed by atoms with Crippen molar-refractivity contribution in [1.29, 1.82) is 5.26 Å². The molecule has 0 bridgehead atoms. The molecule has 0 saturated heterocycles. The average Bonchev–Trinajstić information content (AvgIpc) is 2.83. The number of anilines is 1. The van der Waals surface area contributed by atoms with E-state index in [0.29, 0.717) is 40.9 Å². The number of carbonyl (C=O) groups excluding carboxylic acids is 1. The summed E-state index contributed by atoms with van der Waals surface area (Å²) in [7, 11) is 1.52. The van der Waals surface area contributed by atoms with E-state index in [2.05, 4.69) is 11.9 Å². The molecular formula is C26H22N2O4. The molecule has 160 valence electrons. The number of methoxy groups -OCH3 is 1. The predicted molar refractivity (Wildman–Crippen MR) is 124 cm³/mol. The van der Waals surface area contributed by atoms with E-state index in [1.54, 1.807) is 48.5 Å². The first-order valence-corrected chi connectivity index (χ1v) is 9.81. The molecule has 6 nitrogen and oxygen atoms in total. The van der Waals surface area contributed by atoms with Crippen LogP contribution in [0, 0.1) is 11.3 Å². The number of nitrogens with zero attached hydrogens (tertiary/aromatic N) is 1. The fraction of sp³-hybridized carbons (Fsp3) is 0.0769. The van der Waals surface area contributed by atoms with Gasteiger partial charge in [0, 0.05) is 0 Å². The summed E-state index contributed by atoms with van der Waals surface area (Å²) >= 11 is 0. The Labute approximate surface area is 187 Å². The number of benzene rings is 3. The van der Waals surface area contributed by atoms with Crippen LogP contribution in [0.4, 0.5) is 5.69 Å². The van der Waals surface area contributed by atoms with Crippen molar-refractivity contribution in [3.05, 3.63) is 96.6 Å². The maximum Gasteiger partial charge on any atom is 0.266 e. The average molecular weight is 426 g/mol. The molecule has 0 heterocycles. The minimum Gasteiger partial charge on any atom is -0.493 e. The zero-order valence-corrected chi connectivity index (χ0v) is 17.6. The molecule has 0 unspecified atom stereocenters. The number of nitriles is 1. The van der Waals surface area contributed by atoms with Crippen LogP contribution in [-0.4, -0.2) is 19.6 Å². The van der Waals surface area contributed by atoms with Crippen LogP contribution in [0.5, 0.6) is 23.0 Å². The summed E-state index contributed by atoms with van der Waals surface area (Å²) in [5.74, 6) is 1.58. The van der Waals surface area contributed by atoms with Crippen molar-refractivity contribution in [2.75, 3.05) is 19.0 Å². The minimum absolute atomic E-state index is 0.0682. The number of hydrogen-bond acceptors (Lipinski definition) is 5. The number of nitrogens with one attached hydrogen (secondary N) is 1. The van der Waals surface area contributed by atoms with Gasteiger partial charge >= 0.3 is 0 Å². The molecule has 0 aliphatic rings. The third-order valence-electron chi connectivity index (χ3n) is 4.33. The Morgan fingerprint density at radius 2 is 1.78 bits per heavy atom. The van der Waals surface area contributed by atoms with Gasteiger partial charge in [-0.1, -0.05) is 49.1 Å². The van der Waals surface area contributed by atoms with E-state index < -0.39 is 5.91 Å². The second-order valence-corrected chi connectivity index (χ2v) is 6.55. The summed E-state index contributed by atoms with van der Waals surface area (Å²) in [5.41, 5.74) is 1.00. The summed E-state index contributed by atoms with van der Waals surface area (Å²) in [6, 6.07) is 23.3. The molecule has 1 N–H and O–H groups in total. The van der Waals surface area contributed by atoms with Gasteiger partial charge in [0.1, 0.15) is 24.0 Å². The predicted octanol–water partition coefficient (Wildman–Crippen LogP) is 5.60. The standard InChI is InChI=1S/C26H22N2O4/c1-3-15-31-24-14-13-19(17-25(24)30-2)16-20(18-27)26(29)28-22-11-7-8-12-23(22)32-21-9-5-4-6-10-21/h3-14,16-17H,1,15H2,2H3,(H,28,29)/b20-16+. The molecule has 0 spiro atoms. The number of ether oxygens (including phenoxy) is 3. The summed E-state index contributed by atoms with van der Waals surface area (Å²) in [4.78, 5) is 12.8. The fourth-order valence-corrected chi connectivity index (χ4v) is 2.82. The lowest BCUT2D eigenvalue weighted by molar-refractivity contribution is -0.112. The second kappa shape index (κ2) is 11.0. The van der Waals surface area contributed by atoms with Crippen LogP contribution in [-0.2, 0) is 4.79 Å². The second-order valence-electron chi connectivity index (χ2n) is 6.55. The van der Waals surface area contributed by atoms with Crippen molar-refractivity contribution in [2.24, 2.45) is 0 Å². The van der Waals surface area contributed by atoms with E-state index in [1.165, 1.54) is 13.2 Å². The highest BCUT2D eigenvalue weighted by Crippen LogP contribution is 2.31. The van der Waals surface area contributed by atoms with Crippen molar-refractivity contribution < 1.29 is 19.0 Å². The monoisotopic (exact) mass is 426 g/mol. The fourth-order valence-electron chi connectivity index (χ4n) is 2.82. The lowest BCUT2D eigenvalue weighted by Crippen LogP contribution is -2.14. The molecule has 0 aliphatic heterocycles. The smallest absolute Gasteiger partial charge is 0.266 e. The minimum atomic E-state index is -0.553. The number of carbonyl (C=O) groups is 1. The van der Waals surface area contributed by atoms with E-state index in [1.807, 2.05) is 36.4 Å². The summed E-state index contributed by atoms with van der Waals surface area (Å²) in [6.07, 6.45) is 3.11. The SMILES string of the molecule is C=CCOc1ccc(/C=C(\C#N)C(=O)Nc2ccccc2Oc2ccccc2)cc1OC. The maximum absolute atomic E-state index is 12.8. The van der Waals surface area contributed by atoms with E-state index in [4.69, 9.17) is 14.2 Å². The van der Waals surface area contributed by atoms with Crippen molar-refractivity contribution in [1.82, 2.24) is 0 Å². The molecule has 3 aromatic carbocycles. The van der Waals surface area contributed by atoms with Gasteiger partial charge in [-0.3, -0.25) is 4.79 Å². The summed E-state index contributed by atoms with van der Waals surface area (Å²) in [6.45, 7) is 3.95. The third-order valence-corrected chi connectivity index (χ3v) is 4.33. The van der Waals surface area contributed by atoms with Gasteiger partial charge < -0.3 is 19.5 Å². The summed E-state index contributed by atoms with van der Waals surface area (Å²) < 4.78 is 16.7. The number of para-hydroxylation sites is 3. The Morgan fingerprint density at radius 3 is 2.50 bits per heavy atom. The lowest BCUT2D eigenvalue weighted by Gasteiger charge is -2.12. The van der Waals surface area contributed by atoms with E-state index >= 15 is 0 Å². The molecule has 0 saturated carbocycles. The largest absolute Gasteiger partial charge is 0.493 e. The zero-order valence-electron chi connectivity index (χ0n) is 17.6. The van der Waals surface area contributed by atoms with Crippen LogP contribution in [0.15, 0.2) is 91.0 Å². The lowest BCUT2D eigenvalue weighted by atomic mass is 10.1. The highest BCUT2D eigenvalue weighted by atomic mass is 16.5. The van der Waals surface area contributed by atoms with Gasteiger partial charge in [0.2, 0.25) is 0 Å². The van der Waals surface area contributed by atoms with Crippen LogP contribution in [0.1, 0.15) is 5.56 Å². The first kappa shape index (κ1) is 22.2. The van der Waals surface area contributed by atoms with Gasteiger partial charge in [-0.05, 0) is 48.0 Å². The van der Waals surface area contributed by atoms with Crippen LogP contribution in [0.25, 0.3) is 6.08 Å². The molecule has 0 radical (unpaired) electrons. The maximum atomic E-state index is 12.8. The molecule has 0 aliphatic carbocycles. The van der Waals surface area contributed by atoms with Gasteiger partial charge in [0.15, 0.2) is 17.2 Å². The van der Waals surface area contributed by atoms with Crippen molar-refractivity contribution in [3.63, 3.8) is 0 Å². The molecule has 1 amide bonds. The Bertz CT molecular complexity index is 1160. The van der Waals surface area contributed by atoms with Gasteiger partial charge in [0.25, 0.3) is 5.91 Å². The molecule has 0 aromatic heterocycles. The summed E-state index contributed by atoms with van der Waals surface area (Å²) in [5, 5.41) is 12.3. The molecule has 3 rings (SSSR count). The van der Waals surface area contributed by atoms with Crippen LogP contribution in [0.3, 0.4) is 0 Å². The van der Waals surface area contributed by atoms with Crippen LogP contribution >= 0.6 is 0 Å². The van der Waals surface area contributed by atoms with Crippen LogP contribution < -0.4 is 19.5 Å². The Kier molecular flexibility index (Phi) is 7.66. The van der Waals surface area contributed by atoms with Crippen molar-refractivity contribution in [3.8, 4) is 29.1 Å². The zero-order chi connectivity index (χ0) is 22.8. The van der Waals surface area contributed by atoms with Crippen LogP contribution in [0.2, 0.25) is 0 Å². The molecule has 6 heteroatoms. The molecule has 0 fully saturated rings. The highest BCUT2D eigenvalue weighted by Gasteiger charge is 2.14. The van der Waals surface area contributed by atoms with Gasteiger partial charge in [-0.15, -0.1) is 0 Å². The topological polar surface area (TPSA) is 80.6 Å². The van der Waals surface area contributed by atoms with E-state index in [-0.39, 0.29) is 5.57 Å². The number of hydrogen-bond donors (Lipinski definition) is 1. The molecular weight excluding hydrogens is 404 g/mol. The third kappa shape index (κ3) is 5.77. The Balaban J connectivity index is 1.81. The number of amides is 1. The normalized spacial score (nSPS) is 10.6.